The van der Waals surface area contributed by atoms with Crippen molar-refractivity contribution in [2.75, 3.05) is 13.7 Å². The van der Waals surface area contributed by atoms with Gasteiger partial charge >= 0.3 is 0 Å². The fraction of sp³-hybridized carbons (Fsp3) is 0.571. The van der Waals surface area contributed by atoms with Crippen LogP contribution in [0.3, 0.4) is 0 Å². The summed E-state index contributed by atoms with van der Waals surface area (Å²) in [6, 6.07) is 6.99. The molecule has 1 unspecified atom stereocenters. The Morgan fingerprint density at radius 1 is 1.22 bits per heavy atom. The fourth-order valence-electron chi connectivity index (χ4n) is 1.58. The summed E-state index contributed by atoms with van der Waals surface area (Å²) in [5.41, 5.74) is 1.21. The van der Waals surface area contributed by atoms with Gasteiger partial charge in [-0.05, 0) is 30.7 Å². The van der Waals surface area contributed by atoms with Gasteiger partial charge < -0.3 is 15.4 Å². The average Bonchev–Trinajstić information content (AvgIpc) is 2.35. The van der Waals surface area contributed by atoms with Crippen LogP contribution in [-0.2, 0) is 6.54 Å². The summed E-state index contributed by atoms with van der Waals surface area (Å²) in [5.74, 6) is 0.892. The van der Waals surface area contributed by atoms with E-state index in [2.05, 4.69) is 53.4 Å². The van der Waals surface area contributed by atoms with E-state index in [1.54, 1.807) is 7.11 Å². The van der Waals surface area contributed by atoms with Crippen LogP contribution in [0.4, 0.5) is 0 Å². The average molecular weight is 315 g/mol. The zero-order chi connectivity index (χ0) is 13.5. The minimum Gasteiger partial charge on any atom is -0.497 e. The molecule has 0 radical (unpaired) electrons. The standard InChI is InChI=1S/C14H23BrN2O/c1-10(2)16-8-11(3)17-9-12-7-13(18-4)5-6-14(12)15/h5-7,10-11,16-17H,8-9H2,1-4H3. The molecule has 0 amide bonds. The van der Waals surface area contributed by atoms with Crippen LogP contribution in [0.1, 0.15) is 26.3 Å². The van der Waals surface area contributed by atoms with E-state index in [0.29, 0.717) is 12.1 Å². The molecule has 1 aromatic rings. The first kappa shape index (κ1) is 15.5. The van der Waals surface area contributed by atoms with Crippen molar-refractivity contribution in [3.63, 3.8) is 0 Å². The highest BCUT2D eigenvalue weighted by Gasteiger charge is 2.05. The Bertz CT molecular complexity index is 369. The highest BCUT2D eigenvalue weighted by Crippen LogP contribution is 2.22. The van der Waals surface area contributed by atoms with Gasteiger partial charge in [0.25, 0.3) is 0 Å². The summed E-state index contributed by atoms with van der Waals surface area (Å²) in [6.45, 7) is 8.30. The van der Waals surface area contributed by atoms with E-state index in [0.717, 1.165) is 23.3 Å². The molecule has 0 aliphatic carbocycles. The molecule has 18 heavy (non-hydrogen) atoms. The van der Waals surface area contributed by atoms with Gasteiger partial charge in [0.15, 0.2) is 0 Å². The van der Waals surface area contributed by atoms with E-state index in [1.165, 1.54) is 5.56 Å². The summed E-state index contributed by atoms with van der Waals surface area (Å²) in [4.78, 5) is 0. The van der Waals surface area contributed by atoms with Crippen LogP contribution in [0.5, 0.6) is 5.75 Å². The Morgan fingerprint density at radius 3 is 2.56 bits per heavy atom. The van der Waals surface area contributed by atoms with Crippen molar-refractivity contribution in [3.05, 3.63) is 28.2 Å². The van der Waals surface area contributed by atoms with E-state index >= 15 is 0 Å². The van der Waals surface area contributed by atoms with Crippen LogP contribution in [0.25, 0.3) is 0 Å². The number of rotatable bonds is 7. The Hall–Kier alpha value is -0.580. The maximum atomic E-state index is 5.23. The molecule has 0 spiro atoms. The van der Waals surface area contributed by atoms with Gasteiger partial charge in [0, 0.05) is 29.6 Å². The molecule has 0 fully saturated rings. The fourth-order valence-corrected chi connectivity index (χ4v) is 1.97. The highest BCUT2D eigenvalue weighted by molar-refractivity contribution is 9.10. The summed E-state index contributed by atoms with van der Waals surface area (Å²) in [6.07, 6.45) is 0. The zero-order valence-corrected chi connectivity index (χ0v) is 13.2. The molecule has 0 aliphatic heterocycles. The van der Waals surface area contributed by atoms with Gasteiger partial charge in [-0.15, -0.1) is 0 Å². The van der Waals surface area contributed by atoms with Crippen molar-refractivity contribution in [2.24, 2.45) is 0 Å². The predicted molar refractivity (Wildman–Crippen MR) is 80.1 cm³/mol. The summed E-state index contributed by atoms with van der Waals surface area (Å²) >= 11 is 3.56. The lowest BCUT2D eigenvalue weighted by molar-refractivity contribution is 0.413. The molecular weight excluding hydrogens is 292 g/mol. The lowest BCUT2D eigenvalue weighted by Gasteiger charge is -2.17. The third-order valence-electron chi connectivity index (χ3n) is 2.73. The third kappa shape index (κ3) is 5.38. The van der Waals surface area contributed by atoms with E-state index in [9.17, 15) is 0 Å². The SMILES string of the molecule is COc1ccc(Br)c(CNC(C)CNC(C)C)c1. The van der Waals surface area contributed by atoms with Crippen molar-refractivity contribution < 1.29 is 4.74 Å². The largest absolute Gasteiger partial charge is 0.497 e. The summed E-state index contributed by atoms with van der Waals surface area (Å²) in [7, 11) is 1.69. The number of benzene rings is 1. The minimum absolute atomic E-state index is 0.436. The molecule has 0 bridgehead atoms. The molecule has 1 rings (SSSR count). The number of hydrogen-bond donors (Lipinski definition) is 2. The van der Waals surface area contributed by atoms with Gasteiger partial charge in [-0.1, -0.05) is 29.8 Å². The molecule has 4 heteroatoms. The quantitative estimate of drug-likeness (QED) is 0.812. The first-order valence-corrected chi connectivity index (χ1v) is 7.11. The molecule has 0 heterocycles. The van der Waals surface area contributed by atoms with E-state index in [4.69, 9.17) is 4.74 Å². The van der Waals surface area contributed by atoms with Crippen molar-refractivity contribution in [1.82, 2.24) is 10.6 Å². The van der Waals surface area contributed by atoms with Crippen molar-refractivity contribution >= 4 is 15.9 Å². The third-order valence-corrected chi connectivity index (χ3v) is 3.50. The van der Waals surface area contributed by atoms with Crippen LogP contribution < -0.4 is 15.4 Å². The molecule has 0 saturated carbocycles. The lowest BCUT2D eigenvalue weighted by atomic mass is 10.2. The van der Waals surface area contributed by atoms with Crippen LogP contribution in [0.2, 0.25) is 0 Å². The number of hydrogen-bond acceptors (Lipinski definition) is 3. The number of nitrogens with one attached hydrogen (secondary N) is 2. The van der Waals surface area contributed by atoms with Crippen molar-refractivity contribution in [1.29, 1.82) is 0 Å². The second-order valence-corrected chi connectivity index (χ2v) is 5.66. The first-order valence-electron chi connectivity index (χ1n) is 6.32. The zero-order valence-electron chi connectivity index (χ0n) is 11.6. The highest BCUT2D eigenvalue weighted by atomic mass is 79.9. The van der Waals surface area contributed by atoms with E-state index < -0.39 is 0 Å². The second kappa shape index (κ2) is 7.77. The number of methoxy groups -OCH3 is 1. The molecule has 102 valence electrons. The number of halogens is 1. The Kier molecular flexibility index (Phi) is 6.68. The predicted octanol–water partition coefficient (Wildman–Crippen LogP) is 2.93. The topological polar surface area (TPSA) is 33.3 Å². The monoisotopic (exact) mass is 314 g/mol. The summed E-state index contributed by atoms with van der Waals surface area (Å²) < 4.78 is 6.35. The van der Waals surface area contributed by atoms with Gasteiger partial charge in [0.1, 0.15) is 5.75 Å². The maximum absolute atomic E-state index is 5.23. The van der Waals surface area contributed by atoms with Crippen LogP contribution >= 0.6 is 15.9 Å². The molecule has 1 aromatic carbocycles. The molecule has 1 atom stereocenters. The van der Waals surface area contributed by atoms with Crippen molar-refractivity contribution in [2.45, 2.75) is 39.4 Å². The molecular formula is C14H23BrN2O. The van der Waals surface area contributed by atoms with Crippen molar-refractivity contribution in [3.8, 4) is 5.75 Å². The van der Waals surface area contributed by atoms with Crippen LogP contribution in [-0.4, -0.2) is 25.7 Å². The molecule has 0 aromatic heterocycles. The van der Waals surface area contributed by atoms with Crippen LogP contribution in [0.15, 0.2) is 22.7 Å². The van der Waals surface area contributed by atoms with Gasteiger partial charge in [-0.25, -0.2) is 0 Å². The lowest BCUT2D eigenvalue weighted by Crippen LogP contribution is -2.38. The van der Waals surface area contributed by atoms with Gasteiger partial charge in [-0.3, -0.25) is 0 Å². The molecule has 0 aliphatic rings. The molecule has 2 N–H and O–H groups in total. The van der Waals surface area contributed by atoms with Gasteiger partial charge in [-0.2, -0.15) is 0 Å². The first-order chi connectivity index (χ1) is 8.52. The molecule has 3 nitrogen and oxygen atoms in total. The molecule has 0 saturated heterocycles. The van der Waals surface area contributed by atoms with Crippen LogP contribution in [0, 0.1) is 0 Å². The summed E-state index contributed by atoms with van der Waals surface area (Å²) in [5, 5.41) is 6.92. The minimum atomic E-state index is 0.436. The Balaban J connectivity index is 2.47. The normalized spacial score (nSPS) is 12.8. The van der Waals surface area contributed by atoms with E-state index in [-0.39, 0.29) is 0 Å². The van der Waals surface area contributed by atoms with Gasteiger partial charge in [0.05, 0.1) is 7.11 Å². The smallest absolute Gasteiger partial charge is 0.119 e. The Morgan fingerprint density at radius 2 is 1.94 bits per heavy atom. The number of ether oxygens (including phenoxy) is 1. The van der Waals surface area contributed by atoms with Gasteiger partial charge in [0.2, 0.25) is 0 Å². The Labute approximate surface area is 118 Å². The second-order valence-electron chi connectivity index (χ2n) is 4.80. The van der Waals surface area contributed by atoms with E-state index in [1.807, 2.05) is 12.1 Å². The maximum Gasteiger partial charge on any atom is 0.119 e.